The lowest BCUT2D eigenvalue weighted by atomic mass is 10.3. The first-order valence-electron chi connectivity index (χ1n) is 6.67. The molecule has 2 rings (SSSR count). The van der Waals surface area contributed by atoms with Crippen LogP contribution in [0.2, 0.25) is 20.1 Å². The highest BCUT2D eigenvalue weighted by Crippen LogP contribution is 2.26. The molecule has 0 aliphatic heterocycles. The second-order valence-electron chi connectivity index (χ2n) is 4.33. The Morgan fingerprint density at radius 3 is 1.42 bits per heavy atom. The van der Waals surface area contributed by atoms with Gasteiger partial charge in [0.05, 0.1) is 20.1 Å². The van der Waals surface area contributed by atoms with Gasteiger partial charge < -0.3 is 9.47 Å². The molecular formula is C18H10Cl4O2. The zero-order valence-corrected chi connectivity index (χ0v) is 15.2. The zero-order chi connectivity index (χ0) is 17.4. The summed E-state index contributed by atoms with van der Waals surface area (Å²) >= 11 is 23.4. The van der Waals surface area contributed by atoms with Crippen molar-refractivity contribution < 1.29 is 9.47 Å². The standard InChI is InChI=1S/C18H10Cl4O2/c19-15-7-5-13(11-17(15)21)23-9-3-1-2-4-10-24-14-6-8-16(20)18(22)12-14/h5-8,11-12H,9-10H2. The van der Waals surface area contributed by atoms with Crippen LogP contribution in [-0.2, 0) is 0 Å². The van der Waals surface area contributed by atoms with Gasteiger partial charge in [0.25, 0.3) is 0 Å². The molecule has 0 amide bonds. The summed E-state index contributed by atoms with van der Waals surface area (Å²) in [5.41, 5.74) is 0. The van der Waals surface area contributed by atoms with E-state index in [1.165, 1.54) is 0 Å². The fourth-order valence-corrected chi connectivity index (χ4v) is 2.11. The molecule has 0 atom stereocenters. The Labute approximate surface area is 160 Å². The second-order valence-corrected chi connectivity index (χ2v) is 5.96. The van der Waals surface area contributed by atoms with E-state index in [0.29, 0.717) is 31.6 Å². The first kappa shape index (κ1) is 18.7. The topological polar surface area (TPSA) is 18.5 Å². The van der Waals surface area contributed by atoms with Crippen molar-refractivity contribution in [2.24, 2.45) is 0 Å². The van der Waals surface area contributed by atoms with Crippen LogP contribution in [0, 0.1) is 23.7 Å². The molecule has 0 saturated heterocycles. The number of rotatable bonds is 4. The summed E-state index contributed by atoms with van der Waals surface area (Å²) in [5.74, 6) is 12.1. The van der Waals surface area contributed by atoms with Gasteiger partial charge in [0.2, 0.25) is 0 Å². The van der Waals surface area contributed by atoms with Crippen molar-refractivity contribution >= 4 is 46.4 Å². The molecular weight excluding hydrogens is 390 g/mol. The molecule has 2 aromatic carbocycles. The molecule has 0 aliphatic carbocycles. The van der Waals surface area contributed by atoms with E-state index in [9.17, 15) is 0 Å². The Hall–Kier alpha value is -1.68. The molecule has 0 aromatic heterocycles. The SMILES string of the molecule is Clc1ccc(OCC#CC#CCOc2ccc(Cl)c(Cl)c2)cc1Cl. The smallest absolute Gasteiger partial charge is 0.150 e. The van der Waals surface area contributed by atoms with Gasteiger partial charge in [0.15, 0.2) is 0 Å². The lowest BCUT2D eigenvalue weighted by Crippen LogP contribution is -1.94. The molecule has 24 heavy (non-hydrogen) atoms. The van der Waals surface area contributed by atoms with Gasteiger partial charge in [-0.15, -0.1) is 0 Å². The van der Waals surface area contributed by atoms with Crippen molar-refractivity contribution in [3.8, 4) is 35.2 Å². The van der Waals surface area contributed by atoms with Crippen LogP contribution in [0.1, 0.15) is 0 Å². The molecule has 0 spiro atoms. The largest absolute Gasteiger partial charge is 0.481 e. The summed E-state index contributed by atoms with van der Waals surface area (Å²) in [7, 11) is 0. The maximum Gasteiger partial charge on any atom is 0.150 e. The quantitative estimate of drug-likeness (QED) is 0.608. The fraction of sp³-hybridized carbons (Fsp3) is 0.111. The molecule has 122 valence electrons. The molecule has 2 aromatic rings. The van der Waals surface area contributed by atoms with Gasteiger partial charge in [-0.05, 0) is 47.9 Å². The monoisotopic (exact) mass is 398 g/mol. The Kier molecular flexibility index (Phi) is 7.44. The van der Waals surface area contributed by atoms with Crippen LogP contribution in [0.3, 0.4) is 0 Å². The summed E-state index contributed by atoms with van der Waals surface area (Å²) in [6.45, 7) is 0.389. The van der Waals surface area contributed by atoms with Crippen molar-refractivity contribution in [2.75, 3.05) is 13.2 Å². The van der Waals surface area contributed by atoms with Crippen LogP contribution in [0.4, 0.5) is 0 Å². The number of ether oxygens (including phenoxy) is 2. The molecule has 0 bridgehead atoms. The van der Waals surface area contributed by atoms with Crippen molar-refractivity contribution in [1.29, 1.82) is 0 Å². The Morgan fingerprint density at radius 2 is 1.04 bits per heavy atom. The predicted octanol–water partition coefficient (Wildman–Crippen LogP) is 5.76. The van der Waals surface area contributed by atoms with E-state index < -0.39 is 0 Å². The highest BCUT2D eigenvalue weighted by molar-refractivity contribution is 6.42. The van der Waals surface area contributed by atoms with Gasteiger partial charge in [0.1, 0.15) is 24.7 Å². The summed E-state index contributed by atoms with van der Waals surface area (Å²) < 4.78 is 10.8. The summed E-state index contributed by atoms with van der Waals surface area (Å²) in [5, 5.41) is 1.81. The number of benzene rings is 2. The van der Waals surface area contributed by atoms with Crippen LogP contribution >= 0.6 is 46.4 Å². The van der Waals surface area contributed by atoms with Crippen LogP contribution in [0.5, 0.6) is 11.5 Å². The summed E-state index contributed by atoms with van der Waals surface area (Å²) in [6, 6.07) is 10.0. The van der Waals surface area contributed by atoms with Gasteiger partial charge in [-0.1, -0.05) is 46.4 Å². The lowest BCUT2D eigenvalue weighted by Gasteiger charge is -2.02. The van der Waals surface area contributed by atoms with E-state index in [0.717, 1.165) is 0 Å². The van der Waals surface area contributed by atoms with Gasteiger partial charge in [-0.2, -0.15) is 0 Å². The average Bonchev–Trinajstić information content (AvgIpc) is 2.56. The minimum Gasteiger partial charge on any atom is -0.481 e. The number of halogens is 4. The molecule has 0 N–H and O–H groups in total. The van der Waals surface area contributed by atoms with E-state index in [1.54, 1.807) is 36.4 Å². The average molecular weight is 400 g/mol. The van der Waals surface area contributed by atoms with Crippen molar-refractivity contribution in [3.05, 3.63) is 56.5 Å². The third kappa shape index (κ3) is 6.08. The van der Waals surface area contributed by atoms with Crippen molar-refractivity contribution in [2.45, 2.75) is 0 Å². The van der Waals surface area contributed by atoms with Gasteiger partial charge in [0, 0.05) is 12.1 Å². The van der Waals surface area contributed by atoms with Gasteiger partial charge in [-0.25, -0.2) is 0 Å². The number of hydrogen-bond acceptors (Lipinski definition) is 2. The minimum absolute atomic E-state index is 0.195. The Bertz CT molecular complexity index is 770. The van der Waals surface area contributed by atoms with Gasteiger partial charge >= 0.3 is 0 Å². The first-order chi connectivity index (χ1) is 11.6. The zero-order valence-electron chi connectivity index (χ0n) is 12.2. The minimum atomic E-state index is 0.195. The lowest BCUT2D eigenvalue weighted by molar-refractivity contribution is 0.370. The van der Waals surface area contributed by atoms with E-state index in [4.69, 9.17) is 55.9 Å². The van der Waals surface area contributed by atoms with Crippen molar-refractivity contribution in [1.82, 2.24) is 0 Å². The van der Waals surface area contributed by atoms with Gasteiger partial charge in [-0.3, -0.25) is 0 Å². The third-order valence-corrected chi connectivity index (χ3v) is 4.12. The number of hydrogen-bond donors (Lipinski definition) is 0. The summed E-state index contributed by atoms with van der Waals surface area (Å²) in [4.78, 5) is 0. The molecule has 0 radical (unpaired) electrons. The van der Waals surface area contributed by atoms with E-state index in [2.05, 4.69) is 23.7 Å². The first-order valence-corrected chi connectivity index (χ1v) is 8.19. The molecule has 0 unspecified atom stereocenters. The Morgan fingerprint density at radius 1 is 0.625 bits per heavy atom. The Balaban J connectivity index is 1.74. The summed E-state index contributed by atoms with van der Waals surface area (Å²) in [6.07, 6.45) is 0. The molecule has 0 fully saturated rings. The fourth-order valence-electron chi connectivity index (χ4n) is 1.53. The second kappa shape index (κ2) is 9.58. The van der Waals surface area contributed by atoms with E-state index in [1.807, 2.05) is 0 Å². The van der Waals surface area contributed by atoms with Crippen LogP contribution in [0.25, 0.3) is 0 Å². The molecule has 0 aliphatic rings. The molecule has 0 heterocycles. The normalized spacial score (nSPS) is 9.33. The maximum atomic E-state index is 5.88. The van der Waals surface area contributed by atoms with Crippen molar-refractivity contribution in [3.63, 3.8) is 0 Å². The molecule has 2 nitrogen and oxygen atoms in total. The van der Waals surface area contributed by atoms with Crippen LogP contribution < -0.4 is 9.47 Å². The highest BCUT2D eigenvalue weighted by atomic mass is 35.5. The van der Waals surface area contributed by atoms with Crippen LogP contribution in [-0.4, -0.2) is 13.2 Å². The maximum absolute atomic E-state index is 5.88. The van der Waals surface area contributed by atoms with E-state index >= 15 is 0 Å². The van der Waals surface area contributed by atoms with E-state index in [-0.39, 0.29) is 13.2 Å². The highest BCUT2D eigenvalue weighted by Gasteiger charge is 1.99. The van der Waals surface area contributed by atoms with Crippen LogP contribution in [0.15, 0.2) is 36.4 Å². The molecule has 0 saturated carbocycles. The predicted molar refractivity (Wildman–Crippen MR) is 99.5 cm³/mol. The molecule has 6 heteroatoms. The third-order valence-electron chi connectivity index (χ3n) is 2.64.